The van der Waals surface area contributed by atoms with Crippen LogP contribution in [0.5, 0.6) is 5.75 Å². The predicted octanol–water partition coefficient (Wildman–Crippen LogP) is 2.74. The van der Waals surface area contributed by atoms with Crippen LogP contribution in [0.4, 0.5) is 0 Å². The second kappa shape index (κ2) is 4.73. The maximum absolute atomic E-state index is 12.6. The number of carbonyl (C=O) groups excluding carboxylic acids is 1. The molecule has 3 nitrogen and oxygen atoms in total. The van der Waals surface area contributed by atoms with Crippen molar-refractivity contribution < 1.29 is 9.53 Å². The highest BCUT2D eigenvalue weighted by Crippen LogP contribution is 2.48. The molecule has 0 saturated heterocycles. The first-order valence-corrected chi connectivity index (χ1v) is 6.47. The largest absolute Gasteiger partial charge is 0.496 e. The fourth-order valence-corrected chi connectivity index (χ4v) is 2.22. The topological polar surface area (TPSA) is 52.3 Å². The molecule has 0 aromatic heterocycles. The van der Waals surface area contributed by atoms with Crippen LogP contribution in [0.2, 0.25) is 0 Å². The minimum absolute atomic E-state index is 0.143. The van der Waals surface area contributed by atoms with E-state index in [-0.39, 0.29) is 11.2 Å². The van der Waals surface area contributed by atoms with Crippen LogP contribution in [0, 0.1) is 5.41 Å². The molecule has 0 amide bonds. The quantitative estimate of drug-likeness (QED) is 0.814. The number of hydrogen-bond acceptors (Lipinski definition) is 3. The molecular weight excluding hydrogens is 226 g/mol. The van der Waals surface area contributed by atoms with Crippen molar-refractivity contribution in [3.8, 4) is 5.75 Å². The summed E-state index contributed by atoms with van der Waals surface area (Å²) in [5, 5.41) is 0. The number of ketones is 1. The van der Waals surface area contributed by atoms with Crippen LogP contribution in [0.3, 0.4) is 0 Å². The lowest BCUT2D eigenvalue weighted by Gasteiger charge is -2.16. The van der Waals surface area contributed by atoms with Crippen molar-refractivity contribution in [2.45, 2.75) is 32.6 Å². The lowest BCUT2D eigenvalue weighted by atomic mass is 9.91. The summed E-state index contributed by atoms with van der Waals surface area (Å²) in [4.78, 5) is 12.6. The number of benzene rings is 1. The van der Waals surface area contributed by atoms with Gasteiger partial charge in [-0.15, -0.1) is 0 Å². The first kappa shape index (κ1) is 13.1. The Balaban J connectivity index is 2.41. The van der Waals surface area contributed by atoms with E-state index in [1.54, 1.807) is 7.11 Å². The predicted molar refractivity (Wildman–Crippen MR) is 72.1 cm³/mol. The Kier molecular flexibility index (Phi) is 3.44. The van der Waals surface area contributed by atoms with Crippen LogP contribution in [-0.2, 0) is 0 Å². The van der Waals surface area contributed by atoms with E-state index in [9.17, 15) is 4.79 Å². The average molecular weight is 247 g/mol. The number of methoxy groups -OCH3 is 1. The van der Waals surface area contributed by atoms with Gasteiger partial charge in [-0.1, -0.05) is 19.9 Å². The zero-order valence-corrected chi connectivity index (χ0v) is 11.3. The number of ether oxygens (including phenoxy) is 1. The van der Waals surface area contributed by atoms with E-state index in [0.29, 0.717) is 23.8 Å². The molecule has 0 heterocycles. The van der Waals surface area contributed by atoms with Gasteiger partial charge >= 0.3 is 0 Å². The van der Waals surface area contributed by atoms with Crippen molar-refractivity contribution in [3.05, 3.63) is 29.3 Å². The number of carbonyl (C=O) groups is 1. The first-order valence-electron chi connectivity index (χ1n) is 6.47. The lowest BCUT2D eigenvalue weighted by molar-refractivity contribution is 0.0902. The van der Waals surface area contributed by atoms with Gasteiger partial charge in [-0.2, -0.15) is 0 Å². The Morgan fingerprint density at radius 1 is 1.44 bits per heavy atom. The summed E-state index contributed by atoms with van der Waals surface area (Å²) >= 11 is 0. The van der Waals surface area contributed by atoms with Gasteiger partial charge in [0.15, 0.2) is 5.78 Å². The minimum Gasteiger partial charge on any atom is -0.496 e. The van der Waals surface area contributed by atoms with Gasteiger partial charge in [0.1, 0.15) is 5.75 Å². The van der Waals surface area contributed by atoms with Gasteiger partial charge in [-0.05, 0) is 36.5 Å². The van der Waals surface area contributed by atoms with E-state index < -0.39 is 0 Å². The normalized spacial score (nSPS) is 16.7. The van der Waals surface area contributed by atoms with Crippen LogP contribution in [0.1, 0.15) is 48.5 Å². The molecule has 1 aliphatic rings. The summed E-state index contributed by atoms with van der Waals surface area (Å²) in [6.45, 7) is 4.67. The van der Waals surface area contributed by atoms with Gasteiger partial charge in [0.2, 0.25) is 0 Å². The van der Waals surface area contributed by atoms with Gasteiger partial charge in [-0.25, -0.2) is 0 Å². The molecule has 2 N–H and O–H groups in total. The van der Waals surface area contributed by atoms with Crippen LogP contribution < -0.4 is 10.5 Å². The van der Waals surface area contributed by atoms with Crippen molar-refractivity contribution in [1.29, 1.82) is 0 Å². The van der Waals surface area contributed by atoms with Crippen LogP contribution in [-0.4, -0.2) is 19.4 Å². The average Bonchev–Trinajstić information content (AvgIpc) is 3.18. The first-order chi connectivity index (χ1) is 8.54. The highest BCUT2D eigenvalue weighted by molar-refractivity contribution is 6.04. The molecule has 0 unspecified atom stereocenters. The molecule has 0 atom stereocenters. The van der Waals surface area contributed by atoms with Gasteiger partial charge in [-0.3, -0.25) is 4.79 Å². The Bertz CT molecular complexity index is 462. The highest BCUT2D eigenvalue weighted by atomic mass is 16.5. The molecule has 1 aromatic rings. The SMILES string of the molecule is COc1ccc(C(C)C)cc1C(=O)C1(CN)CC1. The van der Waals surface area contributed by atoms with Gasteiger partial charge in [0, 0.05) is 12.0 Å². The standard InChI is InChI=1S/C15H21NO2/c1-10(2)11-4-5-13(18-3)12(8-11)14(17)15(9-16)6-7-15/h4-5,8,10H,6-7,9,16H2,1-3H3. The molecule has 0 aliphatic heterocycles. The van der Waals surface area contributed by atoms with E-state index >= 15 is 0 Å². The lowest BCUT2D eigenvalue weighted by Crippen LogP contribution is -2.25. The summed E-state index contributed by atoms with van der Waals surface area (Å²) in [5.41, 5.74) is 7.26. The molecule has 1 aliphatic carbocycles. The fraction of sp³-hybridized carbons (Fsp3) is 0.533. The second-order valence-corrected chi connectivity index (χ2v) is 5.43. The van der Waals surface area contributed by atoms with Crippen molar-refractivity contribution in [2.75, 3.05) is 13.7 Å². The van der Waals surface area contributed by atoms with E-state index in [1.807, 2.05) is 18.2 Å². The van der Waals surface area contributed by atoms with Crippen LogP contribution in [0.25, 0.3) is 0 Å². The molecule has 1 fully saturated rings. The van der Waals surface area contributed by atoms with Gasteiger partial charge in [0.25, 0.3) is 0 Å². The minimum atomic E-state index is -0.317. The second-order valence-electron chi connectivity index (χ2n) is 5.43. The van der Waals surface area contributed by atoms with Crippen LogP contribution in [0.15, 0.2) is 18.2 Å². The number of rotatable bonds is 5. The third-order valence-corrected chi connectivity index (χ3v) is 3.86. The Morgan fingerprint density at radius 3 is 2.56 bits per heavy atom. The summed E-state index contributed by atoms with van der Waals surface area (Å²) in [6.07, 6.45) is 1.80. The third-order valence-electron chi connectivity index (χ3n) is 3.86. The summed E-state index contributed by atoms with van der Waals surface area (Å²) in [7, 11) is 1.60. The molecular formula is C15H21NO2. The van der Waals surface area contributed by atoms with Crippen molar-refractivity contribution in [3.63, 3.8) is 0 Å². The van der Waals surface area contributed by atoms with Gasteiger partial charge < -0.3 is 10.5 Å². The summed E-state index contributed by atoms with van der Waals surface area (Å²) < 4.78 is 5.31. The Hall–Kier alpha value is -1.35. The maximum Gasteiger partial charge on any atom is 0.173 e. The Labute approximate surface area is 108 Å². The highest BCUT2D eigenvalue weighted by Gasteiger charge is 2.49. The number of hydrogen-bond donors (Lipinski definition) is 1. The summed E-state index contributed by atoms with van der Waals surface area (Å²) in [5.74, 6) is 1.20. The van der Waals surface area contributed by atoms with Crippen molar-refractivity contribution in [2.24, 2.45) is 11.1 Å². The molecule has 98 valence electrons. The van der Waals surface area contributed by atoms with E-state index in [0.717, 1.165) is 18.4 Å². The monoisotopic (exact) mass is 247 g/mol. The van der Waals surface area contributed by atoms with Crippen molar-refractivity contribution >= 4 is 5.78 Å². The molecule has 0 radical (unpaired) electrons. The van der Waals surface area contributed by atoms with Crippen molar-refractivity contribution in [1.82, 2.24) is 0 Å². The third kappa shape index (κ3) is 2.15. The molecule has 1 aromatic carbocycles. The van der Waals surface area contributed by atoms with E-state index in [2.05, 4.69) is 13.8 Å². The number of nitrogens with two attached hydrogens (primary N) is 1. The molecule has 3 heteroatoms. The molecule has 18 heavy (non-hydrogen) atoms. The maximum atomic E-state index is 12.6. The number of Topliss-reactive ketones (excluding diaryl/α,β-unsaturated/α-hetero) is 1. The van der Waals surface area contributed by atoms with Gasteiger partial charge in [0.05, 0.1) is 12.7 Å². The van der Waals surface area contributed by atoms with E-state index in [4.69, 9.17) is 10.5 Å². The molecule has 2 rings (SSSR count). The molecule has 0 bridgehead atoms. The molecule has 1 saturated carbocycles. The Morgan fingerprint density at radius 2 is 2.11 bits per heavy atom. The van der Waals surface area contributed by atoms with Crippen LogP contribution >= 0.6 is 0 Å². The smallest absolute Gasteiger partial charge is 0.173 e. The zero-order valence-electron chi connectivity index (χ0n) is 11.3. The summed E-state index contributed by atoms with van der Waals surface area (Å²) in [6, 6.07) is 5.86. The van der Waals surface area contributed by atoms with E-state index in [1.165, 1.54) is 0 Å². The fourth-order valence-electron chi connectivity index (χ4n) is 2.22. The molecule has 0 spiro atoms. The zero-order chi connectivity index (χ0) is 13.3.